The Morgan fingerprint density at radius 2 is 1.80 bits per heavy atom. The van der Waals surface area contributed by atoms with Crippen molar-refractivity contribution in [2.24, 2.45) is 0 Å². The number of benzene rings is 2. The normalized spacial score (nSPS) is 11.8. The summed E-state index contributed by atoms with van der Waals surface area (Å²) in [6, 6.07) is 17.8. The summed E-state index contributed by atoms with van der Waals surface area (Å²) in [5.74, 6) is 0.166. The third-order valence-corrected chi connectivity index (χ3v) is 4.27. The number of Topliss-reactive ketones (excluding diaryl/α,β-unsaturated/α-hetero) is 1. The Hall–Kier alpha value is -1.80. The molecule has 0 heterocycles. The maximum Gasteiger partial charge on any atom is 0.176 e. The number of carbonyl (C=O) groups is 1. The number of ketones is 1. The first-order chi connectivity index (χ1) is 9.70. The first kappa shape index (κ1) is 14.6. The Morgan fingerprint density at radius 3 is 2.40 bits per heavy atom. The zero-order valence-electron chi connectivity index (χ0n) is 11.6. The molecule has 2 aromatic rings. The maximum absolute atomic E-state index is 12.6. The van der Waals surface area contributed by atoms with Crippen LogP contribution in [0.4, 0.5) is 0 Å². The minimum absolute atomic E-state index is 0.113. The van der Waals surface area contributed by atoms with Gasteiger partial charge in [-0.05, 0) is 25.5 Å². The van der Waals surface area contributed by atoms with Gasteiger partial charge in [0.1, 0.15) is 0 Å². The van der Waals surface area contributed by atoms with Gasteiger partial charge in [-0.1, -0.05) is 54.1 Å². The first-order valence-electron chi connectivity index (χ1n) is 6.64. The average molecular weight is 282 g/mol. The number of carbonyl (C=O) groups excluding carboxylic acids is 1. The molecule has 0 aromatic heterocycles. The van der Waals surface area contributed by atoms with Crippen molar-refractivity contribution in [3.8, 4) is 0 Å². The fourth-order valence-electron chi connectivity index (χ4n) is 1.93. The van der Waals surface area contributed by atoms with Crippen LogP contribution in [0.15, 0.2) is 72.1 Å². The average Bonchev–Trinajstić information content (AvgIpc) is 2.48. The van der Waals surface area contributed by atoms with E-state index in [2.05, 4.69) is 6.58 Å². The monoisotopic (exact) mass is 282 g/mol. The van der Waals surface area contributed by atoms with Gasteiger partial charge >= 0.3 is 0 Å². The highest BCUT2D eigenvalue weighted by atomic mass is 32.2. The van der Waals surface area contributed by atoms with Crippen LogP contribution in [-0.2, 0) is 0 Å². The third kappa shape index (κ3) is 3.84. The standard InChI is InChI=1S/C18H18OS/c1-3-7-17(20-16-8-5-4-6-9-16)18(19)15-12-10-14(2)11-13-15/h3-6,8-13,17H,1,7H2,2H3. The zero-order valence-corrected chi connectivity index (χ0v) is 12.4. The molecular weight excluding hydrogens is 264 g/mol. The smallest absolute Gasteiger partial charge is 0.176 e. The molecule has 102 valence electrons. The summed E-state index contributed by atoms with van der Waals surface area (Å²) >= 11 is 1.60. The third-order valence-electron chi connectivity index (χ3n) is 3.03. The summed E-state index contributed by atoms with van der Waals surface area (Å²) in [4.78, 5) is 13.7. The molecule has 1 atom stereocenters. The molecule has 20 heavy (non-hydrogen) atoms. The van der Waals surface area contributed by atoms with Gasteiger partial charge in [0, 0.05) is 10.5 Å². The summed E-state index contributed by atoms with van der Waals surface area (Å²) in [5.41, 5.74) is 1.93. The highest BCUT2D eigenvalue weighted by Crippen LogP contribution is 2.28. The van der Waals surface area contributed by atoms with Gasteiger partial charge in [-0.3, -0.25) is 4.79 Å². The van der Waals surface area contributed by atoms with E-state index in [1.807, 2.05) is 67.6 Å². The van der Waals surface area contributed by atoms with Crippen molar-refractivity contribution in [1.82, 2.24) is 0 Å². The van der Waals surface area contributed by atoms with Crippen molar-refractivity contribution >= 4 is 17.5 Å². The molecule has 0 aliphatic rings. The second-order valence-corrected chi connectivity index (χ2v) is 5.95. The molecule has 0 saturated heterocycles. The van der Waals surface area contributed by atoms with Gasteiger partial charge in [0.15, 0.2) is 5.78 Å². The van der Waals surface area contributed by atoms with Gasteiger partial charge in [-0.25, -0.2) is 0 Å². The van der Waals surface area contributed by atoms with Crippen molar-refractivity contribution in [3.05, 3.63) is 78.4 Å². The number of hydrogen-bond donors (Lipinski definition) is 0. The molecule has 0 amide bonds. The van der Waals surface area contributed by atoms with Crippen molar-refractivity contribution < 1.29 is 4.79 Å². The van der Waals surface area contributed by atoms with E-state index in [1.54, 1.807) is 11.8 Å². The molecule has 2 aromatic carbocycles. The van der Waals surface area contributed by atoms with Crippen LogP contribution >= 0.6 is 11.8 Å². The summed E-state index contributed by atoms with van der Waals surface area (Å²) in [6.45, 7) is 5.79. The van der Waals surface area contributed by atoms with Gasteiger partial charge in [0.05, 0.1) is 5.25 Å². The summed E-state index contributed by atoms with van der Waals surface area (Å²) in [6.07, 6.45) is 2.49. The Morgan fingerprint density at radius 1 is 1.15 bits per heavy atom. The lowest BCUT2D eigenvalue weighted by Crippen LogP contribution is -2.16. The van der Waals surface area contributed by atoms with Crippen molar-refractivity contribution in [3.63, 3.8) is 0 Å². The van der Waals surface area contributed by atoms with Crippen LogP contribution in [0, 0.1) is 6.92 Å². The van der Waals surface area contributed by atoms with Gasteiger partial charge in [0.25, 0.3) is 0 Å². The van der Waals surface area contributed by atoms with E-state index in [0.717, 1.165) is 16.0 Å². The van der Waals surface area contributed by atoms with Crippen LogP contribution in [0.1, 0.15) is 22.3 Å². The molecule has 1 unspecified atom stereocenters. The first-order valence-corrected chi connectivity index (χ1v) is 7.52. The van der Waals surface area contributed by atoms with Crippen LogP contribution in [0.5, 0.6) is 0 Å². The van der Waals surface area contributed by atoms with E-state index in [1.165, 1.54) is 0 Å². The van der Waals surface area contributed by atoms with Crippen molar-refractivity contribution in [2.75, 3.05) is 0 Å². The molecule has 0 saturated carbocycles. The Balaban J connectivity index is 2.17. The zero-order chi connectivity index (χ0) is 14.4. The number of hydrogen-bond acceptors (Lipinski definition) is 2. The highest BCUT2D eigenvalue weighted by molar-refractivity contribution is 8.00. The topological polar surface area (TPSA) is 17.1 Å². The van der Waals surface area contributed by atoms with Crippen molar-refractivity contribution in [2.45, 2.75) is 23.5 Å². The van der Waals surface area contributed by atoms with E-state index in [4.69, 9.17) is 0 Å². The molecule has 1 nitrogen and oxygen atoms in total. The largest absolute Gasteiger partial charge is 0.293 e. The van der Waals surface area contributed by atoms with Gasteiger partial charge in [-0.2, -0.15) is 0 Å². The number of allylic oxidation sites excluding steroid dienone is 1. The minimum atomic E-state index is -0.113. The molecule has 0 aliphatic heterocycles. The van der Waals surface area contributed by atoms with Gasteiger partial charge in [-0.15, -0.1) is 18.3 Å². The SMILES string of the molecule is C=CCC(Sc1ccccc1)C(=O)c1ccc(C)cc1. The van der Waals surface area contributed by atoms with Crippen LogP contribution in [0.25, 0.3) is 0 Å². The molecule has 0 fully saturated rings. The number of rotatable bonds is 6. The molecule has 0 bridgehead atoms. The van der Waals surface area contributed by atoms with E-state index in [0.29, 0.717) is 6.42 Å². The van der Waals surface area contributed by atoms with Gasteiger partial charge < -0.3 is 0 Å². The van der Waals surface area contributed by atoms with Crippen LogP contribution < -0.4 is 0 Å². The summed E-state index contributed by atoms with van der Waals surface area (Å²) < 4.78 is 0. The van der Waals surface area contributed by atoms with Crippen LogP contribution in [0.2, 0.25) is 0 Å². The number of aryl methyl sites for hydroxylation is 1. The quantitative estimate of drug-likeness (QED) is 0.425. The Bertz CT molecular complexity index is 572. The molecule has 0 spiro atoms. The summed E-state index contributed by atoms with van der Waals surface area (Å²) in [7, 11) is 0. The van der Waals surface area contributed by atoms with Gasteiger partial charge in [0.2, 0.25) is 0 Å². The van der Waals surface area contributed by atoms with E-state index < -0.39 is 0 Å². The molecule has 2 rings (SSSR count). The van der Waals surface area contributed by atoms with Crippen LogP contribution in [-0.4, -0.2) is 11.0 Å². The minimum Gasteiger partial charge on any atom is -0.293 e. The highest BCUT2D eigenvalue weighted by Gasteiger charge is 2.19. The van der Waals surface area contributed by atoms with E-state index in [-0.39, 0.29) is 11.0 Å². The lowest BCUT2D eigenvalue weighted by molar-refractivity contribution is 0.0990. The van der Waals surface area contributed by atoms with Crippen molar-refractivity contribution in [1.29, 1.82) is 0 Å². The Kier molecular flexibility index (Phi) is 5.19. The maximum atomic E-state index is 12.6. The lowest BCUT2D eigenvalue weighted by Gasteiger charge is -2.14. The fraction of sp³-hybridized carbons (Fsp3) is 0.167. The second-order valence-electron chi connectivity index (χ2n) is 4.67. The predicted molar refractivity (Wildman–Crippen MR) is 86.4 cm³/mol. The second kappa shape index (κ2) is 7.11. The lowest BCUT2D eigenvalue weighted by atomic mass is 10.0. The molecule has 0 N–H and O–H groups in total. The molecule has 0 radical (unpaired) electrons. The molecular formula is C18H18OS. The summed E-state index contributed by atoms with van der Waals surface area (Å²) in [5, 5.41) is -0.113. The van der Waals surface area contributed by atoms with E-state index >= 15 is 0 Å². The molecule has 2 heteroatoms. The number of thioether (sulfide) groups is 1. The van der Waals surface area contributed by atoms with Crippen LogP contribution in [0.3, 0.4) is 0 Å². The fourth-order valence-corrected chi connectivity index (χ4v) is 3.05. The van der Waals surface area contributed by atoms with E-state index in [9.17, 15) is 4.79 Å². The molecule has 0 aliphatic carbocycles. The predicted octanol–water partition coefficient (Wildman–Crippen LogP) is 4.91. The Labute approximate surface area is 124 Å².